The molecule has 0 aromatic carbocycles. The molecular formula is C19H18ClN7OS. The van der Waals surface area contributed by atoms with Crippen molar-refractivity contribution >= 4 is 51.5 Å². The fraction of sp³-hybridized carbons (Fsp3) is 0.158. The molecule has 0 aliphatic carbocycles. The molecule has 8 nitrogen and oxygen atoms in total. The lowest BCUT2D eigenvalue weighted by molar-refractivity contribution is 0.254. The van der Waals surface area contributed by atoms with Crippen molar-refractivity contribution in [3.8, 4) is 10.6 Å². The van der Waals surface area contributed by atoms with Crippen molar-refractivity contribution in [3.63, 3.8) is 0 Å². The fourth-order valence-electron chi connectivity index (χ4n) is 3.13. The van der Waals surface area contributed by atoms with Gasteiger partial charge < -0.3 is 5.32 Å². The number of carbonyl (C=O) groups excluding carboxylic acids is 1. The number of pyridine rings is 2. The van der Waals surface area contributed by atoms with E-state index in [9.17, 15) is 4.79 Å². The van der Waals surface area contributed by atoms with Crippen LogP contribution < -0.4 is 16.2 Å². The maximum Gasteiger partial charge on any atom is 0.337 e. The average Bonchev–Trinajstić information content (AvgIpc) is 3.28. The van der Waals surface area contributed by atoms with Gasteiger partial charge in [-0.1, -0.05) is 17.7 Å². The molecule has 4 aromatic heterocycles. The quantitative estimate of drug-likeness (QED) is 0.329. The van der Waals surface area contributed by atoms with Crippen molar-refractivity contribution in [2.75, 3.05) is 10.7 Å². The smallest absolute Gasteiger partial charge is 0.306 e. The van der Waals surface area contributed by atoms with Crippen molar-refractivity contribution < 1.29 is 4.79 Å². The first-order valence-electron chi connectivity index (χ1n) is 8.76. The molecule has 0 unspecified atom stereocenters. The molecule has 0 spiro atoms. The van der Waals surface area contributed by atoms with Crippen LogP contribution in [0.15, 0.2) is 35.7 Å². The molecule has 0 bridgehead atoms. The third-order valence-electron chi connectivity index (χ3n) is 4.30. The molecule has 0 aliphatic rings. The Labute approximate surface area is 175 Å². The third kappa shape index (κ3) is 4.01. The highest BCUT2D eigenvalue weighted by Gasteiger charge is 2.12. The van der Waals surface area contributed by atoms with Crippen LogP contribution in [0.5, 0.6) is 0 Å². The Morgan fingerprint density at radius 2 is 2.03 bits per heavy atom. The second kappa shape index (κ2) is 7.69. The van der Waals surface area contributed by atoms with E-state index < -0.39 is 6.03 Å². The molecule has 4 rings (SSSR count). The molecular weight excluding hydrogens is 410 g/mol. The molecule has 0 saturated carbocycles. The van der Waals surface area contributed by atoms with Gasteiger partial charge in [-0.25, -0.2) is 14.8 Å². The van der Waals surface area contributed by atoms with Gasteiger partial charge in [0.25, 0.3) is 0 Å². The highest BCUT2D eigenvalue weighted by molar-refractivity contribution is 7.13. The number of aryl methyl sites for hydroxylation is 3. The van der Waals surface area contributed by atoms with Crippen molar-refractivity contribution in [1.82, 2.24) is 25.2 Å². The Balaban J connectivity index is 1.47. The minimum Gasteiger partial charge on any atom is -0.306 e. The summed E-state index contributed by atoms with van der Waals surface area (Å²) >= 11 is 7.65. The number of rotatable bonds is 4. The SMILES string of the molecule is Cc1cc(NNC(=O)Nc2cc(Cl)nc(-c3cccs3)c2)nc2c1c(C)nn2C. The number of halogens is 1. The van der Waals surface area contributed by atoms with E-state index in [2.05, 4.69) is 31.2 Å². The standard InChI is InChI=1S/C19H18ClN7OS/c1-10-7-16(23-18-17(10)11(2)26-27(18)3)24-25-19(28)21-12-8-13(22-15(20)9-12)14-5-4-6-29-14/h4-9H,1-3H3,(H,23,24)(H2,21,22,25,28). The van der Waals surface area contributed by atoms with E-state index in [1.54, 1.807) is 28.2 Å². The molecule has 0 aliphatic heterocycles. The van der Waals surface area contributed by atoms with E-state index in [4.69, 9.17) is 11.6 Å². The Morgan fingerprint density at radius 1 is 1.21 bits per heavy atom. The number of hydrazine groups is 1. The van der Waals surface area contributed by atoms with Crippen molar-refractivity contribution in [1.29, 1.82) is 0 Å². The summed E-state index contributed by atoms with van der Waals surface area (Å²) in [6, 6.07) is 8.64. The Hall–Kier alpha value is -3.17. The summed E-state index contributed by atoms with van der Waals surface area (Å²) in [7, 11) is 1.84. The number of amides is 2. The first-order chi connectivity index (χ1) is 13.9. The number of carbonyl (C=O) groups is 1. The molecule has 3 N–H and O–H groups in total. The van der Waals surface area contributed by atoms with Crippen LogP contribution in [0, 0.1) is 13.8 Å². The van der Waals surface area contributed by atoms with E-state index in [1.165, 1.54) is 0 Å². The van der Waals surface area contributed by atoms with Crippen LogP contribution >= 0.6 is 22.9 Å². The van der Waals surface area contributed by atoms with Crippen molar-refractivity contribution in [2.45, 2.75) is 13.8 Å². The number of hydrogen-bond donors (Lipinski definition) is 3. The molecule has 0 saturated heterocycles. The lowest BCUT2D eigenvalue weighted by Crippen LogP contribution is -2.34. The number of nitrogens with zero attached hydrogens (tertiary/aromatic N) is 4. The van der Waals surface area contributed by atoms with E-state index >= 15 is 0 Å². The van der Waals surface area contributed by atoms with Gasteiger partial charge in [0.2, 0.25) is 0 Å². The molecule has 4 aromatic rings. The van der Waals surface area contributed by atoms with Crippen LogP contribution in [0.4, 0.5) is 16.3 Å². The van der Waals surface area contributed by atoms with Gasteiger partial charge in [-0.2, -0.15) is 5.10 Å². The number of fused-ring (bicyclic) bond motifs is 1. The van der Waals surface area contributed by atoms with Crippen LogP contribution in [0.3, 0.4) is 0 Å². The molecule has 0 fully saturated rings. The summed E-state index contributed by atoms with van der Waals surface area (Å²) in [6.07, 6.45) is 0. The zero-order chi connectivity index (χ0) is 20.5. The normalized spacial score (nSPS) is 10.9. The summed E-state index contributed by atoms with van der Waals surface area (Å²) in [6.45, 7) is 3.93. The van der Waals surface area contributed by atoms with Crippen molar-refractivity contribution in [2.24, 2.45) is 7.05 Å². The molecule has 0 atom stereocenters. The monoisotopic (exact) mass is 427 g/mol. The maximum atomic E-state index is 12.3. The minimum absolute atomic E-state index is 0.300. The summed E-state index contributed by atoms with van der Waals surface area (Å²) in [5.41, 5.74) is 9.33. The Kier molecular flexibility index (Phi) is 5.08. The second-order valence-electron chi connectivity index (χ2n) is 6.48. The maximum absolute atomic E-state index is 12.3. The van der Waals surface area contributed by atoms with Gasteiger partial charge >= 0.3 is 6.03 Å². The Bertz CT molecular complexity index is 1200. The highest BCUT2D eigenvalue weighted by atomic mass is 35.5. The van der Waals surface area contributed by atoms with Gasteiger partial charge in [-0.05, 0) is 49.1 Å². The topological polar surface area (TPSA) is 96.8 Å². The summed E-state index contributed by atoms with van der Waals surface area (Å²) in [5.74, 6) is 0.514. The first kappa shape index (κ1) is 19.2. The average molecular weight is 428 g/mol. The number of hydrogen-bond acceptors (Lipinski definition) is 6. The summed E-state index contributed by atoms with van der Waals surface area (Å²) < 4.78 is 1.72. The molecule has 4 heterocycles. The van der Waals surface area contributed by atoms with Gasteiger partial charge in [-0.3, -0.25) is 15.5 Å². The summed E-state index contributed by atoms with van der Waals surface area (Å²) in [4.78, 5) is 22.1. The lowest BCUT2D eigenvalue weighted by atomic mass is 10.1. The second-order valence-corrected chi connectivity index (χ2v) is 7.81. The predicted molar refractivity (Wildman–Crippen MR) is 116 cm³/mol. The van der Waals surface area contributed by atoms with Gasteiger partial charge in [0.05, 0.1) is 16.3 Å². The van der Waals surface area contributed by atoms with E-state index in [0.717, 1.165) is 27.2 Å². The van der Waals surface area contributed by atoms with Crippen LogP contribution in [-0.4, -0.2) is 25.8 Å². The largest absolute Gasteiger partial charge is 0.337 e. The number of thiophene rings is 1. The molecule has 29 heavy (non-hydrogen) atoms. The highest BCUT2D eigenvalue weighted by Crippen LogP contribution is 2.27. The van der Waals surface area contributed by atoms with Gasteiger partial charge in [-0.15, -0.1) is 11.3 Å². The van der Waals surface area contributed by atoms with Crippen LogP contribution in [-0.2, 0) is 7.05 Å². The zero-order valence-electron chi connectivity index (χ0n) is 15.9. The lowest BCUT2D eigenvalue weighted by Gasteiger charge is -2.11. The molecule has 148 valence electrons. The molecule has 0 radical (unpaired) electrons. The number of aromatic nitrogens is 4. The number of anilines is 2. The molecule has 10 heteroatoms. The van der Waals surface area contributed by atoms with Crippen LogP contribution in [0.2, 0.25) is 5.15 Å². The first-order valence-corrected chi connectivity index (χ1v) is 10.0. The van der Waals surface area contributed by atoms with E-state index in [1.807, 2.05) is 44.5 Å². The predicted octanol–water partition coefficient (Wildman–Crippen LogP) is 4.51. The van der Waals surface area contributed by atoms with Gasteiger partial charge in [0.1, 0.15) is 11.0 Å². The number of nitrogens with one attached hydrogen (secondary N) is 3. The number of urea groups is 1. The molecule has 2 amide bonds. The fourth-order valence-corrected chi connectivity index (χ4v) is 4.02. The third-order valence-corrected chi connectivity index (χ3v) is 5.38. The van der Waals surface area contributed by atoms with Gasteiger partial charge in [0.15, 0.2) is 5.65 Å². The Morgan fingerprint density at radius 3 is 2.79 bits per heavy atom. The minimum atomic E-state index is -0.454. The van der Waals surface area contributed by atoms with E-state index in [-0.39, 0.29) is 0 Å². The van der Waals surface area contributed by atoms with Crippen LogP contribution in [0.25, 0.3) is 21.6 Å². The zero-order valence-corrected chi connectivity index (χ0v) is 17.5. The van der Waals surface area contributed by atoms with Crippen molar-refractivity contribution in [3.05, 3.63) is 52.1 Å². The summed E-state index contributed by atoms with van der Waals surface area (Å²) in [5, 5.41) is 10.4. The van der Waals surface area contributed by atoms with Crippen LogP contribution in [0.1, 0.15) is 11.3 Å². The van der Waals surface area contributed by atoms with E-state index in [0.29, 0.717) is 22.4 Å². The van der Waals surface area contributed by atoms with Gasteiger partial charge in [0, 0.05) is 18.1 Å².